The summed E-state index contributed by atoms with van der Waals surface area (Å²) in [6.45, 7) is 0.557. The quantitative estimate of drug-likeness (QED) is 0.548. The zero-order chi connectivity index (χ0) is 18.9. The number of carbonyl (C=O) groups is 2. The van der Waals surface area contributed by atoms with Gasteiger partial charge in [0.05, 0.1) is 17.6 Å². The van der Waals surface area contributed by atoms with Crippen molar-refractivity contribution < 1.29 is 14.0 Å². The number of hydrogen-bond donors (Lipinski definition) is 3. The third-order valence-electron chi connectivity index (χ3n) is 3.94. The van der Waals surface area contributed by atoms with Crippen LogP contribution in [0.3, 0.4) is 0 Å². The molecule has 0 aliphatic heterocycles. The molecule has 27 heavy (non-hydrogen) atoms. The van der Waals surface area contributed by atoms with Gasteiger partial charge in [0, 0.05) is 6.54 Å². The van der Waals surface area contributed by atoms with Crippen molar-refractivity contribution in [2.24, 2.45) is 0 Å². The summed E-state index contributed by atoms with van der Waals surface area (Å²) in [4.78, 5) is 24.3. The van der Waals surface area contributed by atoms with Crippen LogP contribution >= 0.6 is 0 Å². The van der Waals surface area contributed by atoms with Crippen LogP contribution < -0.4 is 16.0 Å². The van der Waals surface area contributed by atoms with E-state index < -0.39 is 0 Å². The largest absolute Gasteiger partial charge is 0.459 e. The summed E-state index contributed by atoms with van der Waals surface area (Å²) in [5, 5.41) is 8.32. The van der Waals surface area contributed by atoms with Gasteiger partial charge in [-0.3, -0.25) is 4.79 Å². The van der Waals surface area contributed by atoms with Gasteiger partial charge in [0.15, 0.2) is 5.76 Å². The maximum absolute atomic E-state index is 12.1. The van der Waals surface area contributed by atoms with Crippen molar-refractivity contribution in [3.63, 3.8) is 0 Å². The van der Waals surface area contributed by atoms with Crippen LogP contribution in [0.4, 0.5) is 16.2 Å². The number of aryl methyl sites for hydroxylation is 1. The standard InChI is InChI=1S/C21H21N3O3/c25-20(19-13-7-15-27-19)23-17-11-4-5-12-18(17)24-21(26)22-14-6-10-16-8-2-1-3-9-16/h1-5,7-9,11-13,15H,6,10,14H2,(H,23,25)(H2,22,24,26). The fraction of sp³-hybridized carbons (Fsp3) is 0.143. The molecule has 0 saturated heterocycles. The van der Waals surface area contributed by atoms with Crippen molar-refractivity contribution in [3.05, 3.63) is 84.3 Å². The van der Waals surface area contributed by atoms with Crippen LogP contribution in [-0.4, -0.2) is 18.5 Å². The smallest absolute Gasteiger partial charge is 0.319 e. The van der Waals surface area contributed by atoms with E-state index >= 15 is 0 Å². The topological polar surface area (TPSA) is 83.4 Å². The third kappa shape index (κ3) is 5.47. The van der Waals surface area contributed by atoms with E-state index in [1.54, 1.807) is 36.4 Å². The highest BCUT2D eigenvalue weighted by molar-refractivity contribution is 6.05. The van der Waals surface area contributed by atoms with Gasteiger partial charge < -0.3 is 20.4 Å². The summed E-state index contributed by atoms with van der Waals surface area (Å²) in [5.41, 5.74) is 2.25. The molecule has 0 spiro atoms. The normalized spacial score (nSPS) is 10.2. The van der Waals surface area contributed by atoms with Gasteiger partial charge in [-0.25, -0.2) is 4.79 Å². The summed E-state index contributed by atoms with van der Waals surface area (Å²) in [7, 11) is 0. The van der Waals surface area contributed by atoms with E-state index in [9.17, 15) is 9.59 Å². The molecule has 3 rings (SSSR count). The summed E-state index contributed by atoms with van der Waals surface area (Å²) < 4.78 is 5.08. The van der Waals surface area contributed by atoms with Gasteiger partial charge in [0.25, 0.3) is 5.91 Å². The molecular formula is C21H21N3O3. The fourth-order valence-corrected chi connectivity index (χ4v) is 2.60. The second-order valence-corrected chi connectivity index (χ2v) is 5.95. The molecule has 1 aromatic heterocycles. The van der Waals surface area contributed by atoms with E-state index in [0.717, 1.165) is 12.8 Å². The molecular weight excluding hydrogens is 342 g/mol. The van der Waals surface area contributed by atoms with Crippen LogP contribution in [0.25, 0.3) is 0 Å². The molecule has 2 aromatic carbocycles. The lowest BCUT2D eigenvalue weighted by Crippen LogP contribution is -2.30. The first-order chi connectivity index (χ1) is 13.2. The number of benzene rings is 2. The number of hydrogen-bond acceptors (Lipinski definition) is 3. The second kappa shape index (κ2) is 9.24. The Morgan fingerprint density at radius 1 is 0.815 bits per heavy atom. The molecule has 0 radical (unpaired) electrons. The monoisotopic (exact) mass is 363 g/mol. The molecule has 0 bridgehead atoms. The van der Waals surface area contributed by atoms with E-state index in [-0.39, 0.29) is 17.7 Å². The first-order valence-corrected chi connectivity index (χ1v) is 8.75. The lowest BCUT2D eigenvalue weighted by Gasteiger charge is -2.12. The Labute approximate surface area is 157 Å². The SMILES string of the molecule is O=C(NCCCc1ccccc1)Nc1ccccc1NC(=O)c1ccco1. The molecule has 3 N–H and O–H groups in total. The highest BCUT2D eigenvalue weighted by Crippen LogP contribution is 2.21. The maximum Gasteiger partial charge on any atom is 0.319 e. The highest BCUT2D eigenvalue weighted by atomic mass is 16.3. The molecule has 6 nitrogen and oxygen atoms in total. The molecule has 0 aliphatic rings. The summed E-state index contributed by atoms with van der Waals surface area (Å²) in [6.07, 6.45) is 3.17. The molecule has 3 aromatic rings. The maximum atomic E-state index is 12.1. The zero-order valence-electron chi connectivity index (χ0n) is 14.8. The van der Waals surface area contributed by atoms with Crippen molar-refractivity contribution in [2.75, 3.05) is 17.2 Å². The van der Waals surface area contributed by atoms with Crippen LogP contribution in [-0.2, 0) is 6.42 Å². The number of urea groups is 1. The Kier molecular flexibility index (Phi) is 6.25. The highest BCUT2D eigenvalue weighted by Gasteiger charge is 2.12. The van der Waals surface area contributed by atoms with Crippen LogP contribution in [0.5, 0.6) is 0 Å². The molecule has 6 heteroatoms. The van der Waals surface area contributed by atoms with Gasteiger partial charge >= 0.3 is 6.03 Å². The summed E-state index contributed by atoms with van der Waals surface area (Å²) in [6, 6.07) is 20.0. The minimum Gasteiger partial charge on any atom is -0.459 e. The Morgan fingerprint density at radius 2 is 1.52 bits per heavy atom. The van der Waals surface area contributed by atoms with Crippen molar-refractivity contribution in [1.82, 2.24) is 5.32 Å². The van der Waals surface area contributed by atoms with Gasteiger partial charge in [-0.05, 0) is 42.7 Å². The van der Waals surface area contributed by atoms with Gasteiger partial charge in [-0.2, -0.15) is 0 Å². The molecule has 0 saturated carbocycles. The number of nitrogens with one attached hydrogen (secondary N) is 3. The molecule has 0 aliphatic carbocycles. The molecule has 0 atom stereocenters. The fourth-order valence-electron chi connectivity index (χ4n) is 2.60. The Hall–Kier alpha value is -3.54. The first-order valence-electron chi connectivity index (χ1n) is 8.75. The minimum atomic E-state index is -0.377. The van der Waals surface area contributed by atoms with Crippen molar-refractivity contribution in [1.29, 1.82) is 0 Å². The molecule has 1 heterocycles. The second-order valence-electron chi connectivity index (χ2n) is 5.95. The van der Waals surface area contributed by atoms with E-state index in [0.29, 0.717) is 17.9 Å². The number of furan rings is 1. The number of para-hydroxylation sites is 2. The van der Waals surface area contributed by atoms with E-state index in [1.807, 2.05) is 18.2 Å². The van der Waals surface area contributed by atoms with Gasteiger partial charge in [0.1, 0.15) is 0 Å². The Morgan fingerprint density at radius 3 is 2.22 bits per heavy atom. The van der Waals surface area contributed by atoms with Crippen molar-refractivity contribution in [2.45, 2.75) is 12.8 Å². The average molecular weight is 363 g/mol. The van der Waals surface area contributed by atoms with E-state index in [1.165, 1.54) is 11.8 Å². The molecule has 0 unspecified atom stereocenters. The number of anilines is 2. The molecule has 3 amide bonds. The molecule has 0 fully saturated rings. The number of carbonyl (C=O) groups excluding carboxylic acids is 2. The van der Waals surface area contributed by atoms with Crippen LogP contribution in [0.15, 0.2) is 77.4 Å². The van der Waals surface area contributed by atoms with Gasteiger partial charge in [-0.1, -0.05) is 42.5 Å². The van der Waals surface area contributed by atoms with E-state index in [2.05, 4.69) is 28.1 Å². The van der Waals surface area contributed by atoms with E-state index in [4.69, 9.17) is 4.42 Å². The number of rotatable bonds is 7. The van der Waals surface area contributed by atoms with Crippen molar-refractivity contribution in [3.8, 4) is 0 Å². The predicted octanol–water partition coefficient (Wildman–Crippen LogP) is 4.29. The van der Waals surface area contributed by atoms with Crippen LogP contribution in [0.1, 0.15) is 22.5 Å². The minimum absolute atomic E-state index is 0.204. The van der Waals surface area contributed by atoms with Gasteiger partial charge in [0.2, 0.25) is 0 Å². The van der Waals surface area contributed by atoms with Gasteiger partial charge in [-0.15, -0.1) is 0 Å². The van der Waals surface area contributed by atoms with Crippen LogP contribution in [0, 0.1) is 0 Å². The third-order valence-corrected chi connectivity index (χ3v) is 3.94. The Balaban J connectivity index is 1.49. The predicted molar refractivity (Wildman–Crippen MR) is 105 cm³/mol. The lowest BCUT2D eigenvalue weighted by atomic mass is 10.1. The summed E-state index contributed by atoms with van der Waals surface area (Å²) in [5.74, 6) is -0.173. The van der Waals surface area contributed by atoms with Crippen molar-refractivity contribution >= 4 is 23.3 Å². The van der Waals surface area contributed by atoms with Crippen LogP contribution in [0.2, 0.25) is 0 Å². The Bertz CT molecular complexity index is 877. The average Bonchev–Trinajstić information content (AvgIpc) is 3.23. The summed E-state index contributed by atoms with van der Waals surface area (Å²) >= 11 is 0. The molecule has 138 valence electrons. The lowest BCUT2D eigenvalue weighted by molar-refractivity contribution is 0.0996. The zero-order valence-corrected chi connectivity index (χ0v) is 14.8. The first kappa shape index (κ1) is 18.3. The number of amides is 3.